The molecule has 50 valence electrons. The van der Waals surface area contributed by atoms with Gasteiger partial charge in [0.05, 0.1) is 0 Å². The number of nitrogens with zero attached hydrogens (tertiary/aromatic N) is 1. The van der Waals surface area contributed by atoms with E-state index in [1.807, 2.05) is 16.9 Å². The molecule has 0 aliphatic carbocycles. The topological polar surface area (TPSA) is 23.8 Å². The highest BCUT2D eigenvalue weighted by molar-refractivity contribution is 8.06. The summed E-state index contributed by atoms with van der Waals surface area (Å²) in [6.45, 7) is 2.16. The second-order valence-corrected chi connectivity index (χ2v) is 2.41. The van der Waals surface area contributed by atoms with E-state index >= 15 is 0 Å². The van der Waals surface area contributed by atoms with Crippen molar-refractivity contribution >= 4 is 11.8 Å². The predicted molar refractivity (Wildman–Crippen MR) is 41.9 cm³/mol. The van der Waals surface area contributed by atoms with Gasteiger partial charge in [-0.1, -0.05) is 25.8 Å². The van der Waals surface area contributed by atoms with Crippen LogP contribution in [0.15, 0.2) is 11.5 Å². The Kier molecular flexibility index (Phi) is 7.23. The summed E-state index contributed by atoms with van der Waals surface area (Å²) in [5.41, 5.74) is 0. The minimum absolute atomic E-state index is 1.10. The molecule has 0 rings (SSSR count). The van der Waals surface area contributed by atoms with Gasteiger partial charge in [-0.2, -0.15) is 5.26 Å². The van der Waals surface area contributed by atoms with Crippen LogP contribution in [0.3, 0.4) is 0 Å². The van der Waals surface area contributed by atoms with Crippen molar-refractivity contribution in [3.63, 3.8) is 0 Å². The molecule has 0 radical (unpaired) electrons. The number of thioether (sulfide) groups is 1. The third-order valence-electron chi connectivity index (χ3n) is 0.941. The lowest BCUT2D eigenvalue weighted by Crippen LogP contribution is -1.63. The van der Waals surface area contributed by atoms with Gasteiger partial charge in [0.25, 0.3) is 0 Å². The van der Waals surface area contributed by atoms with Crippen LogP contribution in [-0.4, -0.2) is 0 Å². The Morgan fingerprint density at radius 3 is 3.00 bits per heavy atom. The van der Waals surface area contributed by atoms with Crippen LogP contribution in [0.1, 0.15) is 26.2 Å². The molecule has 0 aromatic rings. The molecule has 2 heteroatoms. The maximum Gasteiger partial charge on any atom is 0.137 e. The number of allylic oxidation sites excluding steroid dienone is 1. The molecule has 9 heavy (non-hydrogen) atoms. The fourth-order valence-electron chi connectivity index (χ4n) is 0.469. The first kappa shape index (κ1) is 8.58. The van der Waals surface area contributed by atoms with Crippen molar-refractivity contribution < 1.29 is 0 Å². The Balaban J connectivity index is 2.97. The molecule has 0 aliphatic rings. The Morgan fingerprint density at radius 1 is 1.67 bits per heavy atom. The van der Waals surface area contributed by atoms with E-state index in [1.54, 1.807) is 0 Å². The molecule has 0 atom stereocenters. The van der Waals surface area contributed by atoms with E-state index in [0.717, 1.165) is 6.42 Å². The zero-order valence-corrected chi connectivity index (χ0v) is 6.45. The Hall–Kier alpha value is -0.420. The molecule has 0 spiro atoms. The number of thiocyanates is 1. The predicted octanol–water partition coefficient (Wildman–Crippen LogP) is 2.90. The van der Waals surface area contributed by atoms with Crippen molar-refractivity contribution in [3.05, 3.63) is 11.5 Å². The zero-order chi connectivity index (χ0) is 6.95. The van der Waals surface area contributed by atoms with Gasteiger partial charge < -0.3 is 0 Å². The number of nitriles is 1. The first-order valence-corrected chi connectivity index (χ1v) is 3.99. The van der Waals surface area contributed by atoms with Gasteiger partial charge in [-0.05, 0) is 23.6 Å². The molecule has 0 aliphatic heterocycles. The van der Waals surface area contributed by atoms with Crippen molar-refractivity contribution in [1.82, 2.24) is 0 Å². The fraction of sp³-hybridized carbons (Fsp3) is 0.571. The normalized spacial score (nSPS) is 9.78. The number of unbranched alkanes of at least 4 members (excludes halogenated alkanes) is 2. The minimum atomic E-state index is 1.10. The number of hydrogen-bond acceptors (Lipinski definition) is 2. The summed E-state index contributed by atoms with van der Waals surface area (Å²) in [5, 5.41) is 11.9. The molecule has 0 bridgehead atoms. The summed E-state index contributed by atoms with van der Waals surface area (Å²) in [4.78, 5) is 0. The van der Waals surface area contributed by atoms with Gasteiger partial charge >= 0.3 is 0 Å². The van der Waals surface area contributed by atoms with Crippen LogP contribution in [0.4, 0.5) is 0 Å². The van der Waals surface area contributed by atoms with Crippen molar-refractivity contribution in [3.8, 4) is 5.40 Å². The SMILES string of the molecule is CCCC/C=C/SC#N. The number of hydrogen-bond donors (Lipinski definition) is 0. The molecule has 0 unspecified atom stereocenters. The van der Waals surface area contributed by atoms with E-state index < -0.39 is 0 Å². The molecule has 0 heterocycles. The molecular formula is C7H11NS. The van der Waals surface area contributed by atoms with Gasteiger partial charge in [0.2, 0.25) is 0 Å². The highest BCUT2D eigenvalue weighted by atomic mass is 32.2. The summed E-state index contributed by atoms with van der Waals surface area (Å²) in [6, 6.07) is 0. The quantitative estimate of drug-likeness (QED) is 0.444. The zero-order valence-electron chi connectivity index (χ0n) is 5.63. The summed E-state index contributed by atoms with van der Waals surface area (Å²) < 4.78 is 0. The fourth-order valence-corrected chi connectivity index (χ4v) is 0.762. The van der Waals surface area contributed by atoms with E-state index in [9.17, 15) is 0 Å². The average Bonchev–Trinajstić information content (AvgIpc) is 1.89. The van der Waals surface area contributed by atoms with Crippen LogP contribution in [0.5, 0.6) is 0 Å². The van der Waals surface area contributed by atoms with Crippen LogP contribution in [0.25, 0.3) is 0 Å². The second kappa shape index (κ2) is 7.58. The van der Waals surface area contributed by atoms with Crippen LogP contribution in [-0.2, 0) is 0 Å². The molecule has 0 fully saturated rings. The lowest BCUT2D eigenvalue weighted by atomic mass is 10.2. The molecule has 1 nitrogen and oxygen atoms in total. The molecular weight excluding hydrogens is 130 g/mol. The first-order valence-electron chi connectivity index (χ1n) is 3.11. The molecule has 0 amide bonds. The largest absolute Gasteiger partial charge is 0.185 e. The van der Waals surface area contributed by atoms with Crippen molar-refractivity contribution in [1.29, 1.82) is 5.26 Å². The van der Waals surface area contributed by atoms with Crippen molar-refractivity contribution in [2.24, 2.45) is 0 Å². The third-order valence-corrected chi connectivity index (χ3v) is 1.38. The lowest BCUT2D eigenvalue weighted by Gasteiger charge is -1.84. The maximum atomic E-state index is 8.08. The molecule has 0 saturated heterocycles. The molecule has 0 N–H and O–H groups in total. The summed E-state index contributed by atoms with van der Waals surface area (Å²) in [5.74, 6) is 0. The van der Waals surface area contributed by atoms with Crippen LogP contribution < -0.4 is 0 Å². The highest BCUT2D eigenvalue weighted by Gasteiger charge is 1.76. The monoisotopic (exact) mass is 141 g/mol. The summed E-state index contributed by atoms with van der Waals surface area (Å²) in [7, 11) is 0. The maximum absolute atomic E-state index is 8.08. The van der Waals surface area contributed by atoms with E-state index in [0.29, 0.717) is 0 Å². The second-order valence-electron chi connectivity index (χ2n) is 1.72. The van der Waals surface area contributed by atoms with E-state index in [4.69, 9.17) is 5.26 Å². The Bertz CT molecular complexity index is 113. The van der Waals surface area contributed by atoms with Crippen molar-refractivity contribution in [2.75, 3.05) is 0 Å². The molecule has 0 aromatic heterocycles. The standard InChI is InChI=1S/C7H11NS/c1-2-3-4-5-6-9-7-8/h5-6H,2-4H2,1H3/b6-5+. The molecule has 0 saturated carbocycles. The van der Waals surface area contributed by atoms with Gasteiger partial charge in [-0.25, -0.2) is 0 Å². The summed E-state index contributed by atoms with van der Waals surface area (Å²) >= 11 is 1.18. The van der Waals surface area contributed by atoms with E-state index in [-0.39, 0.29) is 0 Å². The third kappa shape index (κ3) is 7.58. The minimum Gasteiger partial charge on any atom is -0.185 e. The van der Waals surface area contributed by atoms with E-state index in [1.165, 1.54) is 24.6 Å². The van der Waals surface area contributed by atoms with Crippen LogP contribution in [0, 0.1) is 10.7 Å². The van der Waals surface area contributed by atoms with Gasteiger partial charge in [0.15, 0.2) is 0 Å². The average molecular weight is 141 g/mol. The van der Waals surface area contributed by atoms with Gasteiger partial charge in [-0.15, -0.1) is 0 Å². The summed E-state index contributed by atoms with van der Waals surface area (Å²) in [6.07, 6.45) is 5.59. The van der Waals surface area contributed by atoms with Crippen LogP contribution >= 0.6 is 11.8 Å². The highest BCUT2D eigenvalue weighted by Crippen LogP contribution is 2.01. The number of rotatable bonds is 4. The van der Waals surface area contributed by atoms with Gasteiger partial charge in [0, 0.05) is 0 Å². The first-order chi connectivity index (χ1) is 4.41. The van der Waals surface area contributed by atoms with Crippen molar-refractivity contribution in [2.45, 2.75) is 26.2 Å². The van der Waals surface area contributed by atoms with Gasteiger partial charge in [0.1, 0.15) is 5.40 Å². The smallest absolute Gasteiger partial charge is 0.137 e. The van der Waals surface area contributed by atoms with Crippen LogP contribution in [0.2, 0.25) is 0 Å². The Labute approximate surface area is 60.8 Å². The molecule has 0 aromatic carbocycles. The van der Waals surface area contributed by atoms with Gasteiger partial charge in [-0.3, -0.25) is 0 Å². The Morgan fingerprint density at radius 2 is 2.44 bits per heavy atom. The van der Waals surface area contributed by atoms with E-state index in [2.05, 4.69) is 6.92 Å². The lowest BCUT2D eigenvalue weighted by molar-refractivity contribution is 0.815.